The van der Waals surface area contributed by atoms with Crippen molar-refractivity contribution in [1.82, 2.24) is 19.6 Å². The van der Waals surface area contributed by atoms with Gasteiger partial charge in [-0.3, -0.25) is 10.4 Å². The molecule has 0 aliphatic carbocycles. The highest BCUT2D eigenvalue weighted by Gasteiger charge is 2.18. The van der Waals surface area contributed by atoms with Gasteiger partial charge in [-0.05, 0) is 23.3 Å². The number of imidazole rings is 1. The van der Waals surface area contributed by atoms with Crippen molar-refractivity contribution in [2.75, 3.05) is 36.6 Å². The first-order chi connectivity index (χ1) is 15.8. The maximum Gasteiger partial charge on any atom is 0.177 e. The number of hydrogen-bond donors (Lipinski definition) is 1. The number of ether oxygens (including phenoxy) is 1. The second-order valence-corrected chi connectivity index (χ2v) is 7.39. The van der Waals surface area contributed by atoms with Gasteiger partial charge < -0.3 is 9.64 Å². The molecule has 1 N–H and O–H groups in total. The van der Waals surface area contributed by atoms with Crippen LogP contribution in [0.2, 0.25) is 0 Å². The summed E-state index contributed by atoms with van der Waals surface area (Å²) in [6, 6.07) is 12.9. The number of nitrogens with one attached hydrogen (secondary N) is 1. The van der Waals surface area contributed by atoms with Gasteiger partial charge in [-0.1, -0.05) is 24.3 Å². The van der Waals surface area contributed by atoms with Crippen LogP contribution in [0.4, 0.5) is 15.9 Å². The minimum atomic E-state index is -0.476. The normalized spacial score (nSPS) is 14.3. The molecule has 4 heterocycles. The fraction of sp³-hybridized carbons (Fsp3) is 0.217. The van der Waals surface area contributed by atoms with Gasteiger partial charge in [0.2, 0.25) is 0 Å². The number of hydrogen-bond acceptors (Lipinski definition) is 7. The fourth-order valence-electron chi connectivity index (χ4n) is 3.58. The van der Waals surface area contributed by atoms with Gasteiger partial charge in [0.05, 0.1) is 37.0 Å². The molecule has 4 aromatic rings. The van der Waals surface area contributed by atoms with Crippen LogP contribution in [0, 0.1) is 0 Å². The highest BCUT2D eigenvalue weighted by molar-refractivity contribution is 5.80. The summed E-state index contributed by atoms with van der Waals surface area (Å²) in [6.07, 6.45) is 7.08. The first-order valence-electron chi connectivity index (χ1n) is 10.4. The molecule has 1 saturated heterocycles. The molecule has 0 atom stereocenters. The SMILES string of the molecule is FCc1ccc(C=NNc2cc(N3CCOCC3)c3nc(-c4ccncc4)cn3n2)cc1. The molecular formula is C23H22FN7O. The number of fused-ring (bicyclic) bond motifs is 1. The highest BCUT2D eigenvalue weighted by atomic mass is 19.1. The lowest BCUT2D eigenvalue weighted by molar-refractivity contribution is 0.123. The Morgan fingerprint density at radius 2 is 1.88 bits per heavy atom. The number of nitrogens with zero attached hydrogens (tertiary/aromatic N) is 6. The molecular weight excluding hydrogens is 409 g/mol. The third-order valence-electron chi connectivity index (χ3n) is 5.26. The van der Waals surface area contributed by atoms with Crippen LogP contribution >= 0.6 is 0 Å². The second kappa shape index (κ2) is 9.11. The third-order valence-corrected chi connectivity index (χ3v) is 5.26. The van der Waals surface area contributed by atoms with Crippen molar-refractivity contribution < 1.29 is 9.13 Å². The number of hydrazone groups is 1. The van der Waals surface area contributed by atoms with Crippen LogP contribution in [-0.4, -0.2) is 52.1 Å². The number of rotatable bonds is 6. The molecule has 32 heavy (non-hydrogen) atoms. The van der Waals surface area contributed by atoms with Crippen molar-refractivity contribution >= 4 is 23.4 Å². The molecule has 3 aromatic heterocycles. The zero-order valence-electron chi connectivity index (χ0n) is 17.4. The lowest BCUT2D eigenvalue weighted by Gasteiger charge is -2.29. The predicted molar refractivity (Wildman–Crippen MR) is 122 cm³/mol. The molecule has 0 spiro atoms. The van der Waals surface area contributed by atoms with Gasteiger partial charge in [-0.25, -0.2) is 13.9 Å². The number of aromatic nitrogens is 4. The number of halogens is 1. The van der Waals surface area contributed by atoms with Crippen LogP contribution in [0.15, 0.2) is 66.2 Å². The van der Waals surface area contributed by atoms with Gasteiger partial charge in [-0.2, -0.15) is 5.10 Å². The quantitative estimate of drug-likeness (QED) is 0.372. The molecule has 0 bridgehead atoms. The first-order valence-corrected chi connectivity index (χ1v) is 10.4. The Bertz CT molecular complexity index is 1220. The van der Waals surface area contributed by atoms with E-state index in [0.29, 0.717) is 24.6 Å². The molecule has 0 radical (unpaired) electrons. The molecule has 1 aromatic carbocycles. The summed E-state index contributed by atoms with van der Waals surface area (Å²) >= 11 is 0. The van der Waals surface area contributed by atoms with Crippen LogP contribution in [-0.2, 0) is 11.4 Å². The molecule has 162 valence electrons. The number of anilines is 2. The molecule has 1 aliphatic rings. The van der Waals surface area contributed by atoms with Gasteiger partial charge in [0.1, 0.15) is 6.67 Å². The highest BCUT2D eigenvalue weighted by Crippen LogP contribution is 2.27. The summed E-state index contributed by atoms with van der Waals surface area (Å²) in [5, 5.41) is 8.95. The number of pyridine rings is 1. The summed E-state index contributed by atoms with van der Waals surface area (Å²) in [5.41, 5.74) is 8.06. The van der Waals surface area contributed by atoms with Gasteiger partial charge in [0.25, 0.3) is 0 Å². The lowest BCUT2D eigenvalue weighted by Crippen LogP contribution is -2.36. The van der Waals surface area contributed by atoms with Crippen LogP contribution in [0.5, 0.6) is 0 Å². The van der Waals surface area contributed by atoms with Crippen molar-refractivity contribution in [1.29, 1.82) is 0 Å². The van der Waals surface area contributed by atoms with Gasteiger partial charge in [0, 0.05) is 37.1 Å². The van der Waals surface area contributed by atoms with E-state index >= 15 is 0 Å². The summed E-state index contributed by atoms with van der Waals surface area (Å²) < 4.78 is 20.0. The average Bonchev–Trinajstić information content (AvgIpc) is 3.29. The van der Waals surface area contributed by atoms with Gasteiger partial charge in [-0.15, -0.1) is 5.10 Å². The Hall–Kier alpha value is -3.85. The van der Waals surface area contributed by atoms with Crippen LogP contribution in [0.3, 0.4) is 0 Å². The van der Waals surface area contributed by atoms with Crippen molar-refractivity contribution in [2.45, 2.75) is 6.67 Å². The average molecular weight is 431 g/mol. The Balaban J connectivity index is 1.47. The topological polar surface area (TPSA) is 79.9 Å². The molecule has 0 saturated carbocycles. The van der Waals surface area contributed by atoms with Crippen LogP contribution in [0.25, 0.3) is 16.9 Å². The summed E-state index contributed by atoms with van der Waals surface area (Å²) in [4.78, 5) is 11.2. The summed E-state index contributed by atoms with van der Waals surface area (Å²) in [7, 11) is 0. The number of morpholine rings is 1. The van der Waals surface area contributed by atoms with E-state index in [0.717, 1.165) is 41.2 Å². The predicted octanol–water partition coefficient (Wildman–Crippen LogP) is 3.54. The van der Waals surface area contributed by atoms with E-state index in [1.54, 1.807) is 35.3 Å². The Morgan fingerprint density at radius 3 is 2.62 bits per heavy atom. The molecule has 5 rings (SSSR count). The first kappa shape index (κ1) is 20.1. The van der Waals surface area contributed by atoms with Crippen molar-refractivity contribution in [3.63, 3.8) is 0 Å². The van der Waals surface area contributed by atoms with E-state index in [4.69, 9.17) is 9.72 Å². The van der Waals surface area contributed by atoms with E-state index < -0.39 is 6.67 Å². The van der Waals surface area contributed by atoms with Crippen LogP contribution < -0.4 is 10.3 Å². The van der Waals surface area contributed by atoms with E-state index in [-0.39, 0.29) is 0 Å². The second-order valence-electron chi connectivity index (χ2n) is 7.39. The minimum Gasteiger partial charge on any atom is -0.378 e. The van der Waals surface area contributed by atoms with Crippen molar-refractivity contribution in [3.05, 3.63) is 72.2 Å². The Kier molecular flexibility index (Phi) is 5.71. The number of benzene rings is 1. The number of alkyl halides is 1. The monoisotopic (exact) mass is 431 g/mol. The smallest absolute Gasteiger partial charge is 0.177 e. The Morgan fingerprint density at radius 1 is 1.09 bits per heavy atom. The van der Waals surface area contributed by atoms with Crippen molar-refractivity contribution in [2.24, 2.45) is 5.10 Å². The van der Waals surface area contributed by atoms with E-state index in [9.17, 15) is 4.39 Å². The lowest BCUT2D eigenvalue weighted by atomic mass is 10.2. The molecule has 9 heteroatoms. The van der Waals surface area contributed by atoms with Crippen molar-refractivity contribution in [3.8, 4) is 11.3 Å². The van der Waals surface area contributed by atoms with Crippen LogP contribution in [0.1, 0.15) is 11.1 Å². The maximum atomic E-state index is 12.7. The minimum absolute atomic E-state index is 0.476. The maximum absolute atomic E-state index is 12.7. The standard InChI is InChI=1S/C23H22FN7O/c24-14-17-1-3-18(4-2-17)15-26-28-22-13-21(30-9-11-32-12-10-30)23-27-20(16-31(23)29-22)19-5-7-25-8-6-19/h1-8,13,15-16H,9-12,14H2,(H,28,29). The summed E-state index contributed by atoms with van der Waals surface area (Å²) in [6.45, 7) is 2.42. The van der Waals surface area contributed by atoms with E-state index in [1.807, 2.05) is 36.5 Å². The fourth-order valence-corrected chi connectivity index (χ4v) is 3.58. The molecule has 8 nitrogen and oxygen atoms in total. The molecule has 0 unspecified atom stereocenters. The van der Waals surface area contributed by atoms with E-state index in [2.05, 4.69) is 25.5 Å². The van der Waals surface area contributed by atoms with Gasteiger partial charge in [0.15, 0.2) is 11.5 Å². The zero-order chi connectivity index (χ0) is 21.8. The van der Waals surface area contributed by atoms with E-state index in [1.165, 1.54) is 0 Å². The molecule has 1 aliphatic heterocycles. The summed E-state index contributed by atoms with van der Waals surface area (Å²) in [5.74, 6) is 0.592. The zero-order valence-corrected chi connectivity index (χ0v) is 17.4. The van der Waals surface area contributed by atoms with Gasteiger partial charge >= 0.3 is 0 Å². The Labute approximate surface area is 184 Å². The third kappa shape index (κ3) is 4.28. The largest absolute Gasteiger partial charge is 0.378 e. The molecule has 1 fully saturated rings. The molecule has 0 amide bonds.